The molecule has 1 fully saturated rings. The number of H-pyrrole nitrogens is 1. The molecule has 0 bridgehead atoms. The SMILES string of the molecule is Cc1c(-c2ccccc2)n[nH]c1C(=O)N1CCC([C@@H](O)Cc2ccccc2)CC1. The van der Waals surface area contributed by atoms with Gasteiger partial charge in [0.2, 0.25) is 0 Å². The summed E-state index contributed by atoms with van der Waals surface area (Å²) in [6.45, 7) is 3.26. The zero-order valence-corrected chi connectivity index (χ0v) is 16.7. The Morgan fingerprint density at radius 2 is 1.72 bits per heavy atom. The molecule has 4 rings (SSSR count). The number of benzene rings is 2. The van der Waals surface area contributed by atoms with Gasteiger partial charge in [-0.25, -0.2) is 0 Å². The number of amides is 1. The molecule has 2 aromatic carbocycles. The summed E-state index contributed by atoms with van der Waals surface area (Å²) in [6.07, 6.45) is 1.93. The molecule has 2 N–H and O–H groups in total. The largest absolute Gasteiger partial charge is 0.392 e. The number of aromatic nitrogens is 2. The summed E-state index contributed by atoms with van der Waals surface area (Å²) >= 11 is 0. The number of aromatic amines is 1. The Bertz CT molecular complexity index is 945. The molecule has 0 saturated carbocycles. The number of likely N-dealkylation sites (tertiary alicyclic amines) is 1. The van der Waals surface area contributed by atoms with Crippen molar-refractivity contribution in [1.29, 1.82) is 0 Å². The smallest absolute Gasteiger partial charge is 0.272 e. The average molecular weight is 389 g/mol. The first-order valence-electron chi connectivity index (χ1n) is 10.2. The van der Waals surface area contributed by atoms with Gasteiger partial charge in [-0.3, -0.25) is 9.89 Å². The van der Waals surface area contributed by atoms with Crippen LogP contribution >= 0.6 is 0 Å². The number of piperidine rings is 1. The van der Waals surface area contributed by atoms with Gasteiger partial charge >= 0.3 is 0 Å². The molecule has 1 saturated heterocycles. The van der Waals surface area contributed by atoms with Crippen molar-refractivity contribution < 1.29 is 9.90 Å². The maximum atomic E-state index is 13.0. The fraction of sp³-hybridized carbons (Fsp3) is 0.333. The van der Waals surface area contributed by atoms with Gasteiger partial charge in [-0.1, -0.05) is 60.7 Å². The number of aliphatic hydroxyl groups excluding tert-OH is 1. The second kappa shape index (κ2) is 8.62. The van der Waals surface area contributed by atoms with Crippen molar-refractivity contribution in [2.24, 2.45) is 5.92 Å². The lowest BCUT2D eigenvalue weighted by atomic mass is 9.88. The van der Waals surface area contributed by atoms with Gasteiger partial charge in [0.25, 0.3) is 5.91 Å². The number of hydrogen-bond acceptors (Lipinski definition) is 3. The van der Waals surface area contributed by atoms with E-state index in [1.165, 1.54) is 0 Å². The molecule has 2 heterocycles. The van der Waals surface area contributed by atoms with Crippen LogP contribution in [0.1, 0.15) is 34.5 Å². The first-order valence-corrected chi connectivity index (χ1v) is 10.2. The average Bonchev–Trinajstić information content (AvgIpc) is 3.16. The lowest BCUT2D eigenvalue weighted by Crippen LogP contribution is -2.42. The van der Waals surface area contributed by atoms with Crippen molar-refractivity contribution in [3.8, 4) is 11.3 Å². The predicted octanol–water partition coefficient (Wildman–Crippen LogP) is 3.84. The van der Waals surface area contributed by atoms with Crippen LogP contribution in [-0.4, -0.2) is 45.3 Å². The lowest BCUT2D eigenvalue weighted by Gasteiger charge is -2.34. The van der Waals surface area contributed by atoms with Crippen LogP contribution < -0.4 is 0 Å². The van der Waals surface area contributed by atoms with Gasteiger partial charge in [-0.2, -0.15) is 5.10 Å². The molecule has 1 atom stereocenters. The summed E-state index contributed by atoms with van der Waals surface area (Å²) in [5.41, 5.74) is 4.42. The Kier molecular flexibility index (Phi) is 5.76. The van der Waals surface area contributed by atoms with Gasteiger partial charge in [0, 0.05) is 24.2 Å². The minimum atomic E-state index is -0.367. The van der Waals surface area contributed by atoms with E-state index in [2.05, 4.69) is 10.2 Å². The molecule has 0 radical (unpaired) electrons. The quantitative estimate of drug-likeness (QED) is 0.697. The number of carbonyl (C=O) groups is 1. The van der Waals surface area contributed by atoms with Crippen molar-refractivity contribution >= 4 is 5.91 Å². The fourth-order valence-electron chi connectivity index (χ4n) is 4.15. The first kappa shape index (κ1) is 19.4. The van der Waals surface area contributed by atoms with Crippen molar-refractivity contribution in [3.63, 3.8) is 0 Å². The number of aliphatic hydroxyl groups is 1. The Morgan fingerprint density at radius 3 is 2.38 bits per heavy atom. The maximum absolute atomic E-state index is 13.0. The van der Waals surface area contributed by atoms with E-state index in [1.54, 1.807) is 0 Å². The van der Waals surface area contributed by atoms with Gasteiger partial charge in [0.1, 0.15) is 5.69 Å². The van der Waals surface area contributed by atoms with Gasteiger partial charge in [-0.15, -0.1) is 0 Å². The van der Waals surface area contributed by atoms with Crippen molar-refractivity contribution in [3.05, 3.63) is 77.5 Å². The third kappa shape index (κ3) is 4.25. The molecule has 150 valence electrons. The second-order valence-corrected chi connectivity index (χ2v) is 7.82. The van der Waals surface area contributed by atoms with Crippen LogP contribution in [-0.2, 0) is 6.42 Å². The zero-order valence-electron chi connectivity index (χ0n) is 16.7. The Labute approximate surface area is 171 Å². The number of hydrogen-bond donors (Lipinski definition) is 2. The fourth-order valence-corrected chi connectivity index (χ4v) is 4.15. The van der Waals surface area contributed by atoms with E-state index in [4.69, 9.17) is 0 Å². The van der Waals surface area contributed by atoms with Crippen LogP contribution in [0.25, 0.3) is 11.3 Å². The van der Waals surface area contributed by atoms with Crippen LogP contribution in [0.3, 0.4) is 0 Å². The van der Waals surface area contributed by atoms with E-state index < -0.39 is 0 Å². The molecule has 5 nitrogen and oxygen atoms in total. The second-order valence-electron chi connectivity index (χ2n) is 7.82. The summed E-state index contributed by atoms with van der Waals surface area (Å²) in [5, 5.41) is 17.9. The van der Waals surface area contributed by atoms with Gasteiger partial charge in [0.05, 0.1) is 11.8 Å². The molecular formula is C24H27N3O2. The van der Waals surface area contributed by atoms with Crippen LogP contribution in [0.4, 0.5) is 0 Å². The summed E-state index contributed by atoms with van der Waals surface area (Å²) < 4.78 is 0. The molecule has 3 aromatic rings. The molecule has 1 amide bonds. The Morgan fingerprint density at radius 1 is 1.10 bits per heavy atom. The topological polar surface area (TPSA) is 69.2 Å². The van der Waals surface area contributed by atoms with E-state index in [0.29, 0.717) is 25.2 Å². The zero-order chi connectivity index (χ0) is 20.2. The highest BCUT2D eigenvalue weighted by Crippen LogP contribution is 2.27. The van der Waals surface area contributed by atoms with Crippen molar-refractivity contribution in [2.45, 2.75) is 32.3 Å². The number of carbonyl (C=O) groups excluding carboxylic acids is 1. The van der Waals surface area contributed by atoms with Crippen LogP contribution in [0, 0.1) is 12.8 Å². The van der Waals surface area contributed by atoms with E-state index in [9.17, 15) is 9.90 Å². The minimum absolute atomic E-state index is 0.00631. The van der Waals surface area contributed by atoms with E-state index in [1.807, 2.05) is 72.5 Å². The molecule has 1 aliphatic heterocycles. The van der Waals surface area contributed by atoms with E-state index in [-0.39, 0.29) is 17.9 Å². The first-order chi connectivity index (χ1) is 14.1. The normalized spacial score (nSPS) is 16.0. The summed E-state index contributed by atoms with van der Waals surface area (Å²) in [7, 11) is 0. The van der Waals surface area contributed by atoms with Gasteiger partial charge in [-0.05, 0) is 37.7 Å². The summed E-state index contributed by atoms with van der Waals surface area (Å²) in [6, 6.07) is 20.0. The summed E-state index contributed by atoms with van der Waals surface area (Å²) in [4.78, 5) is 14.9. The standard InChI is InChI=1S/C24H27N3O2/c1-17-22(20-10-6-3-7-11-20)25-26-23(17)24(29)27-14-12-19(13-15-27)21(28)16-18-8-4-2-5-9-18/h2-11,19,21,28H,12-16H2,1H3,(H,25,26)/t21-/m0/s1. The molecule has 5 heteroatoms. The molecular weight excluding hydrogens is 362 g/mol. The van der Waals surface area contributed by atoms with Gasteiger partial charge < -0.3 is 10.0 Å². The maximum Gasteiger partial charge on any atom is 0.272 e. The highest BCUT2D eigenvalue weighted by atomic mass is 16.3. The summed E-state index contributed by atoms with van der Waals surface area (Å²) in [5.74, 6) is 0.218. The van der Waals surface area contributed by atoms with Crippen LogP contribution in [0.5, 0.6) is 0 Å². The lowest BCUT2D eigenvalue weighted by molar-refractivity contribution is 0.0463. The third-order valence-corrected chi connectivity index (χ3v) is 5.93. The predicted molar refractivity (Wildman–Crippen MR) is 114 cm³/mol. The number of nitrogens with zero attached hydrogens (tertiary/aromatic N) is 2. The molecule has 29 heavy (non-hydrogen) atoms. The van der Waals surface area contributed by atoms with E-state index >= 15 is 0 Å². The minimum Gasteiger partial charge on any atom is -0.392 e. The van der Waals surface area contributed by atoms with Crippen LogP contribution in [0.15, 0.2) is 60.7 Å². The van der Waals surface area contributed by atoms with E-state index in [0.717, 1.165) is 35.2 Å². The monoisotopic (exact) mass is 389 g/mol. The highest BCUT2D eigenvalue weighted by Gasteiger charge is 2.29. The molecule has 0 unspecified atom stereocenters. The number of rotatable bonds is 5. The Balaban J connectivity index is 1.38. The van der Waals surface area contributed by atoms with Crippen molar-refractivity contribution in [1.82, 2.24) is 15.1 Å². The van der Waals surface area contributed by atoms with Crippen molar-refractivity contribution in [2.75, 3.05) is 13.1 Å². The van der Waals surface area contributed by atoms with Crippen LogP contribution in [0.2, 0.25) is 0 Å². The molecule has 1 aromatic heterocycles. The van der Waals surface area contributed by atoms with Gasteiger partial charge in [0.15, 0.2) is 0 Å². The highest BCUT2D eigenvalue weighted by molar-refractivity contribution is 5.95. The number of nitrogens with one attached hydrogen (secondary N) is 1. The Hall–Kier alpha value is -2.92. The molecule has 0 spiro atoms. The third-order valence-electron chi connectivity index (χ3n) is 5.93. The molecule has 0 aliphatic carbocycles. The molecule has 1 aliphatic rings.